The van der Waals surface area contributed by atoms with Crippen molar-refractivity contribution in [1.29, 1.82) is 0 Å². The molecule has 1 aliphatic rings. The highest BCUT2D eigenvalue weighted by molar-refractivity contribution is 6.19. The molecule has 10 nitrogen and oxygen atoms in total. The topological polar surface area (TPSA) is 128 Å². The van der Waals surface area contributed by atoms with E-state index < -0.39 is 46.7 Å². The maximum absolute atomic E-state index is 13.3. The average Bonchev–Trinajstić information content (AvgIpc) is 2.94. The molecule has 2 rings (SSSR count). The van der Waals surface area contributed by atoms with E-state index in [-0.39, 0.29) is 23.1 Å². The molecule has 10 heteroatoms. The maximum atomic E-state index is 13.3. The van der Waals surface area contributed by atoms with E-state index in [1.807, 2.05) is 6.92 Å². The first-order valence-corrected chi connectivity index (χ1v) is 10.9. The van der Waals surface area contributed by atoms with Gasteiger partial charge in [0.05, 0.1) is 24.5 Å². The number of ether oxygens (including phenoxy) is 3. The van der Waals surface area contributed by atoms with E-state index in [0.717, 1.165) is 0 Å². The molecular formula is C24H32N2O8. The number of anilines is 1. The van der Waals surface area contributed by atoms with Crippen LogP contribution >= 0.6 is 0 Å². The number of hydrogen-bond donors (Lipinski definition) is 1. The highest BCUT2D eigenvalue weighted by Crippen LogP contribution is 2.31. The van der Waals surface area contributed by atoms with Crippen molar-refractivity contribution in [2.45, 2.75) is 72.6 Å². The molecule has 2 unspecified atom stereocenters. The number of amides is 3. The molecule has 1 aliphatic heterocycles. The average molecular weight is 477 g/mol. The first kappa shape index (κ1) is 26.8. The standard InChI is InChI=1S/C24H32N2O8/c1-9-13(2)33-20(29)14-10-11-15(16(12-14)32-8)25-19(28)17(18(27)23(3,4)5)26-21(30)24(6,7)34-22(26)31/h10-13,17H,9H2,1-8H3,(H,25,28). The normalized spacial score (nSPS) is 17.0. The molecule has 0 radical (unpaired) electrons. The molecule has 1 aromatic rings. The van der Waals surface area contributed by atoms with Gasteiger partial charge in [-0.3, -0.25) is 14.4 Å². The van der Waals surface area contributed by atoms with Crippen LogP contribution in [0.15, 0.2) is 18.2 Å². The third-order valence-corrected chi connectivity index (χ3v) is 5.35. The number of rotatable bonds is 8. The van der Waals surface area contributed by atoms with Gasteiger partial charge in [-0.25, -0.2) is 14.5 Å². The predicted molar refractivity (Wildman–Crippen MR) is 122 cm³/mol. The molecule has 1 saturated heterocycles. The second-order valence-corrected chi connectivity index (χ2v) is 9.60. The van der Waals surface area contributed by atoms with Crippen molar-refractivity contribution in [3.8, 4) is 5.75 Å². The van der Waals surface area contributed by atoms with Gasteiger partial charge >= 0.3 is 12.1 Å². The molecule has 2 atom stereocenters. The van der Waals surface area contributed by atoms with Gasteiger partial charge in [-0.15, -0.1) is 0 Å². The Morgan fingerprint density at radius 1 is 1.18 bits per heavy atom. The van der Waals surface area contributed by atoms with Crippen molar-refractivity contribution < 1.29 is 38.2 Å². The van der Waals surface area contributed by atoms with Crippen molar-refractivity contribution in [1.82, 2.24) is 4.90 Å². The SMILES string of the molecule is CCC(C)OC(=O)c1ccc(NC(=O)C(C(=O)C(C)(C)C)N2C(=O)OC(C)(C)C2=O)c(OC)c1. The van der Waals surface area contributed by atoms with E-state index in [0.29, 0.717) is 11.3 Å². The van der Waals surface area contributed by atoms with Crippen LogP contribution in [0, 0.1) is 5.41 Å². The number of Topliss-reactive ketones (excluding diaryl/α,β-unsaturated/α-hetero) is 1. The number of nitrogens with zero attached hydrogens (tertiary/aromatic N) is 1. The van der Waals surface area contributed by atoms with Gasteiger partial charge in [0.2, 0.25) is 0 Å². The van der Waals surface area contributed by atoms with Crippen molar-refractivity contribution in [2.75, 3.05) is 12.4 Å². The summed E-state index contributed by atoms with van der Waals surface area (Å²) in [5, 5.41) is 2.54. The Morgan fingerprint density at radius 2 is 1.79 bits per heavy atom. The van der Waals surface area contributed by atoms with Crippen molar-refractivity contribution in [3.05, 3.63) is 23.8 Å². The fourth-order valence-corrected chi connectivity index (χ4v) is 3.13. The summed E-state index contributed by atoms with van der Waals surface area (Å²) in [5.41, 5.74) is -2.22. The van der Waals surface area contributed by atoms with Gasteiger partial charge in [0.25, 0.3) is 11.8 Å². The molecule has 34 heavy (non-hydrogen) atoms. The van der Waals surface area contributed by atoms with Crippen LogP contribution in [0.25, 0.3) is 0 Å². The van der Waals surface area contributed by atoms with Gasteiger partial charge in [-0.05, 0) is 45.4 Å². The summed E-state index contributed by atoms with van der Waals surface area (Å²) in [5.74, 6) is -2.80. The fourth-order valence-electron chi connectivity index (χ4n) is 3.13. The molecule has 1 N–H and O–H groups in total. The Labute approximate surface area is 198 Å². The van der Waals surface area contributed by atoms with E-state index >= 15 is 0 Å². The lowest BCUT2D eigenvalue weighted by Gasteiger charge is -2.28. The zero-order valence-electron chi connectivity index (χ0n) is 20.8. The predicted octanol–water partition coefficient (Wildman–Crippen LogP) is 3.33. The van der Waals surface area contributed by atoms with Crippen LogP contribution < -0.4 is 10.1 Å². The number of imide groups is 1. The smallest absolute Gasteiger partial charge is 0.418 e. The summed E-state index contributed by atoms with van der Waals surface area (Å²) in [6.45, 7) is 11.1. The number of ketones is 1. The van der Waals surface area contributed by atoms with Gasteiger partial charge < -0.3 is 19.5 Å². The molecule has 0 bridgehead atoms. The van der Waals surface area contributed by atoms with Crippen LogP contribution in [0.1, 0.15) is 65.2 Å². The Kier molecular flexibility index (Phi) is 7.75. The number of carbonyl (C=O) groups excluding carboxylic acids is 5. The van der Waals surface area contributed by atoms with E-state index in [1.54, 1.807) is 27.7 Å². The number of hydrogen-bond acceptors (Lipinski definition) is 8. The summed E-state index contributed by atoms with van der Waals surface area (Å²) >= 11 is 0. The summed E-state index contributed by atoms with van der Waals surface area (Å²) < 4.78 is 15.7. The van der Waals surface area contributed by atoms with E-state index in [4.69, 9.17) is 14.2 Å². The first-order chi connectivity index (χ1) is 15.6. The second kappa shape index (κ2) is 9.82. The summed E-state index contributed by atoms with van der Waals surface area (Å²) in [7, 11) is 1.34. The van der Waals surface area contributed by atoms with Gasteiger partial charge in [0.15, 0.2) is 17.4 Å². The monoisotopic (exact) mass is 476 g/mol. The molecule has 1 aromatic carbocycles. The third-order valence-electron chi connectivity index (χ3n) is 5.35. The Hall–Kier alpha value is -3.43. The summed E-state index contributed by atoms with van der Waals surface area (Å²) in [4.78, 5) is 64.6. The molecule has 1 fully saturated rings. The highest BCUT2D eigenvalue weighted by atomic mass is 16.6. The van der Waals surface area contributed by atoms with Gasteiger partial charge in [-0.2, -0.15) is 0 Å². The van der Waals surface area contributed by atoms with Crippen molar-refractivity contribution in [3.63, 3.8) is 0 Å². The molecule has 1 heterocycles. The molecular weight excluding hydrogens is 444 g/mol. The van der Waals surface area contributed by atoms with Crippen molar-refractivity contribution >= 4 is 35.3 Å². The quantitative estimate of drug-likeness (QED) is 0.447. The van der Waals surface area contributed by atoms with Gasteiger partial charge in [0, 0.05) is 5.41 Å². The number of carbonyl (C=O) groups is 5. The van der Waals surface area contributed by atoms with E-state index in [1.165, 1.54) is 39.2 Å². The largest absolute Gasteiger partial charge is 0.495 e. The maximum Gasteiger partial charge on any atom is 0.418 e. The zero-order valence-corrected chi connectivity index (χ0v) is 20.8. The minimum absolute atomic E-state index is 0.129. The van der Waals surface area contributed by atoms with Crippen LogP contribution in [0.5, 0.6) is 5.75 Å². The lowest BCUT2D eigenvalue weighted by Crippen LogP contribution is -2.55. The number of benzene rings is 1. The van der Waals surface area contributed by atoms with Gasteiger partial charge in [0.1, 0.15) is 5.75 Å². The summed E-state index contributed by atoms with van der Waals surface area (Å²) in [6.07, 6.45) is -0.707. The number of methoxy groups -OCH3 is 1. The van der Waals surface area contributed by atoms with Crippen molar-refractivity contribution in [2.24, 2.45) is 5.41 Å². The Balaban J connectivity index is 2.40. The van der Waals surface area contributed by atoms with E-state index in [2.05, 4.69) is 5.32 Å². The molecule has 186 valence electrons. The Morgan fingerprint density at radius 3 is 2.26 bits per heavy atom. The highest BCUT2D eigenvalue weighted by Gasteiger charge is 2.55. The Bertz CT molecular complexity index is 1010. The molecule has 0 aliphatic carbocycles. The molecule has 3 amide bonds. The second-order valence-electron chi connectivity index (χ2n) is 9.60. The molecule has 0 aromatic heterocycles. The minimum atomic E-state index is -1.76. The summed E-state index contributed by atoms with van der Waals surface area (Å²) in [6, 6.07) is 2.47. The van der Waals surface area contributed by atoms with Crippen LogP contribution in [-0.4, -0.2) is 59.4 Å². The van der Waals surface area contributed by atoms with Crippen LogP contribution in [0.4, 0.5) is 10.5 Å². The number of nitrogens with one attached hydrogen (secondary N) is 1. The lowest BCUT2D eigenvalue weighted by molar-refractivity contribution is -0.145. The molecule has 0 saturated carbocycles. The van der Waals surface area contributed by atoms with Crippen LogP contribution in [-0.2, 0) is 23.9 Å². The van der Waals surface area contributed by atoms with Crippen LogP contribution in [0.2, 0.25) is 0 Å². The first-order valence-electron chi connectivity index (χ1n) is 10.9. The molecule has 0 spiro atoms. The zero-order chi connectivity index (χ0) is 26.0. The van der Waals surface area contributed by atoms with Crippen LogP contribution in [0.3, 0.4) is 0 Å². The van der Waals surface area contributed by atoms with Gasteiger partial charge in [-0.1, -0.05) is 27.7 Å². The lowest BCUT2D eigenvalue weighted by atomic mass is 9.85. The number of esters is 1. The minimum Gasteiger partial charge on any atom is -0.495 e. The third kappa shape index (κ3) is 5.55. The fraction of sp³-hybridized carbons (Fsp3) is 0.542. The number of cyclic esters (lactones) is 1. The van der Waals surface area contributed by atoms with E-state index in [9.17, 15) is 24.0 Å².